The van der Waals surface area contributed by atoms with Gasteiger partial charge in [0.05, 0.1) is 14.2 Å². The summed E-state index contributed by atoms with van der Waals surface area (Å²) in [6.45, 7) is 1.03. The van der Waals surface area contributed by atoms with Crippen LogP contribution < -0.4 is 9.47 Å². The average Bonchev–Trinajstić information content (AvgIpc) is 3.14. The molecule has 5 aliphatic rings. The van der Waals surface area contributed by atoms with Gasteiger partial charge in [-0.2, -0.15) is 0 Å². The molecule has 0 radical (unpaired) electrons. The van der Waals surface area contributed by atoms with E-state index in [0.29, 0.717) is 0 Å². The SMILES string of the molecule is COc1ccc(CN(C)[C@H]2[C@H]3[C@H]4C[C@@H]5[C@H]6[C@H]4C[C@H]3[C@@H]6[C@H]52)cc1OC.Cl. The zero-order chi connectivity index (χ0) is 16.2. The predicted octanol–water partition coefficient (Wildman–Crippen LogP) is 3.70. The number of halogens is 1. The van der Waals surface area contributed by atoms with E-state index >= 15 is 0 Å². The third-order valence-corrected chi connectivity index (χ3v) is 8.67. The maximum absolute atomic E-state index is 5.49. The third-order valence-electron chi connectivity index (χ3n) is 8.67. The first kappa shape index (κ1) is 16.3. The van der Waals surface area contributed by atoms with Gasteiger partial charge < -0.3 is 9.47 Å². The van der Waals surface area contributed by atoms with Gasteiger partial charge in [-0.3, -0.25) is 4.90 Å². The van der Waals surface area contributed by atoms with Crippen LogP contribution in [0.1, 0.15) is 18.4 Å². The summed E-state index contributed by atoms with van der Waals surface area (Å²) in [5.74, 6) is 10.4. The second-order valence-electron chi connectivity index (χ2n) is 9.03. The average molecular weight is 362 g/mol. The minimum atomic E-state index is 0. The van der Waals surface area contributed by atoms with Crippen LogP contribution in [-0.2, 0) is 6.54 Å². The largest absolute Gasteiger partial charge is 0.493 e. The summed E-state index contributed by atoms with van der Waals surface area (Å²) in [6.07, 6.45) is 3.16. The zero-order valence-electron chi connectivity index (χ0n) is 15.2. The van der Waals surface area contributed by atoms with E-state index in [0.717, 1.165) is 71.4 Å². The first-order chi connectivity index (χ1) is 11.7. The lowest BCUT2D eigenvalue weighted by Gasteiger charge is -2.50. The molecule has 136 valence electrons. The molecule has 5 aliphatic carbocycles. The van der Waals surface area contributed by atoms with E-state index in [2.05, 4.69) is 24.1 Å². The Bertz CT molecular complexity index is 703. The maximum atomic E-state index is 5.49. The van der Waals surface area contributed by atoms with Crippen molar-refractivity contribution < 1.29 is 9.47 Å². The van der Waals surface area contributed by atoms with Gasteiger partial charge in [-0.15, -0.1) is 12.4 Å². The van der Waals surface area contributed by atoms with Crippen molar-refractivity contribution in [2.45, 2.75) is 25.4 Å². The lowest BCUT2D eigenvalue weighted by Crippen LogP contribution is -2.51. The van der Waals surface area contributed by atoms with Crippen LogP contribution >= 0.6 is 12.4 Å². The number of hydrogen-bond donors (Lipinski definition) is 0. The standard InChI is InChI=1S/C21H27NO2.ClH/c1-22(9-10-4-5-15(23-2)16(6-10)24-3)21-18-12-8-13-17-11(12)7-14(18)19(17)20(13)21;/h4-6,11-14,17-21H,7-9H2,1-3H3;1H/t11-,12-,13+,14+,17+,18-,19-,20-,21-;/m0./s1. The van der Waals surface area contributed by atoms with Gasteiger partial charge >= 0.3 is 0 Å². The fraction of sp³-hybridized carbons (Fsp3) is 0.714. The summed E-state index contributed by atoms with van der Waals surface area (Å²) < 4.78 is 10.9. The molecule has 6 rings (SSSR count). The molecular formula is C21H28ClNO2. The highest BCUT2D eigenvalue weighted by Gasteiger charge is 2.80. The highest BCUT2D eigenvalue weighted by molar-refractivity contribution is 5.85. The molecule has 0 N–H and O–H groups in total. The number of nitrogens with zero attached hydrogens (tertiary/aromatic N) is 1. The van der Waals surface area contributed by atoms with E-state index in [1.807, 2.05) is 6.07 Å². The molecule has 25 heavy (non-hydrogen) atoms. The molecule has 0 aliphatic heterocycles. The van der Waals surface area contributed by atoms with E-state index in [1.165, 1.54) is 5.56 Å². The van der Waals surface area contributed by atoms with Crippen molar-refractivity contribution in [2.75, 3.05) is 21.3 Å². The summed E-state index contributed by atoms with van der Waals surface area (Å²) in [6, 6.07) is 7.24. The lowest BCUT2D eigenvalue weighted by atomic mass is 9.58. The monoisotopic (exact) mass is 361 g/mol. The Labute approximate surface area is 156 Å². The highest BCUT2D eigenvalue weighted by Crippen LogP contribution is 2.83. The van der Waals surface area contributed by atoms with Gasteiger partial charge in [0.1, 0.15) is 0 Å². The quantitative estimate of drug-likeness (QED) is 0.798. The Balaban J connectivity index is 0.00000140. The number of fused-ring (bicyclic) bond motifs is 2. The molecule has 9 atom stereocenters. The van der Waals surface area contributed by atoms with Crippen molar-refractivity contribution in [3.8, 4) is 11.5 Å². The summed E-state index contributed by atoms with van der Waals surface area (Å²) >= 11 is 0. The zero-order valence-corrected chi connectivity index (χ0v) is 16.0. The number of rotatable bonds is 5. The molecular weight excluding hydrogens is 334 g/mol. The van der Waals surface area contributed by atoms with Crippen molar-refractivity contribution >= 4 is 12.4 Å². The van der Waals surface area contributed by atoms with Crippen molar-refractivity contribution in [1.82, 2.24) is 4.90 Å². The Hall–Kier alpha value is -0.930. The van der Waals surface area contributed by atoms with Crippen LogP contribution in [0.2, 0.25) is 0 Å². The van der Waals surface area contributed by atoms with Crippen LogP contribution in [0.3, 0.4) is 0 Å². The third kappa shape index (κ3) is 1.77. The van der Waals surface area contributed by atoms with Crippen molar-refractivity contribution in [1.29, 1.82) is 0 Å². The fourth-order valence-electron chi connectivity index (χ4n) is 8.38. The second-order valence-corrected chi connectivity index (χ2v) is 9.03. The van der Waals surface area contributed by atoms with Gasteiger partial charge in [-0.25, -0.2) is 0 Å². The van der Waals surface area contributed by atoms with Crippen LogP contribution in [0.5, 0.6) is 11.5 Å². The summed E-state index contributed by atoms with van der Waals surface area (Å²) in [7, 11) is 5.79. The molecule has 4 heteroatoms. The minimum absolute atomic E-state index is 0. The Morgan fingerprint density at radius 2 is 1.56 bits per heavy atom. The van der Waals surface area contributed by atoms with Crippen molar-refractivity contribution in [3.05, 3.63) is 23.8 Å². The van der Waals surface area contributed by atoms with Crippen molar-refractivity contribution in [3.63, 3.8) is 0 Å². The van der Waals surface area contributed by atoms with Gasteiger partial charge in [-0.1, -0.05) is 6.07 Å². The second kappa shape index (κ2) is 5.29. The minimum Gasteiger partial charge on any atom is -0.493 e. The molecule has 2 bridgehead atoms. The molecule has 0 spiro atoms. The molecule has 3 nitrogen and oxygen atoms in total. The van der Waals surface area contributed by atoms with Crippen LogP contribution in [0, 0.1) is 47.3 Å². The van der Waals surface area contributed by atoms with Gasteiger partial charge in [0.2, 0.25) is 0 Å². The highest BCUT2D eigenvalue weighted by atomic mass is 35.5. The molecule has 0 amide bonds. The maximum Gasteiger partial charge on any atom is 0.161 e. The topological polar surface area (TPSA) is 21.7 Å². The van der Waals surface area contributed by atoms with Gasteiger partial charge in [0.25, 0.3) is 0 Å². The Morgan fingerprint density at radius 3 is 2.28 bits per heavy atom. The van der Waals surface area contributed by atoms with Crippen molar-refractivity contribution in [2.24, 2.45) is 47.3 Å². The molecule has 0 unspecified atom stereocenters. The van der Waals surface area contributed by atoms with Crippen LogP contribution in [0.15, 0.2) is 18.2 Å². The van der Waals surface area contributed by atoms with Gasteiger partial charge in [0.15, 0.2) is 11.5 Å². The molecule has 5 fully saturated rings. The Morgan fingerprint density at radius 1 is 0.880 bits per heavy atom. The molecule has 1 aromatic carbocycles. The predicted molar refractivity (Wildman–Crippen MR) is 99.2 cm³/mol. The molecule has 0 aromatic heterocycles. The van der Waals surface area contributed by atoms with Crippen LogP contribution in [0.25, 0.3) is 0 Å². The fourth-order valence-corrected chi connectivity index (χ4v) is 8.38. The number of methoxy groups -OCH3 is 2. The number of ether oxygens (including phenoxy) is 2. The van der Waals surface area contributed by atoms with E-state index < -0.39 is 0 Å². The number of benzene rings is 1. The smallest absolute Gasteiger partial charge is 0.161 e. The van der Waals surface area contributed by atoms with Gasteiger partial charge in [0, 0.05) is 12.6 Å². The van der Waals surface area contributed by atoms with Crippen LogP contribution in [0.4, 0.5) is 0 Å². The lowest BCUT2D eigenvalue weighted by molar-refractivity contribution is -0.0220. The normalized spacial score (nSPS) is 46.5. The van der Waals surface area contributed by atoms with E-state index in [9.17, 15) is 0 Å². The Kier molecular flexibility index (Phi) is 3.44. The van der Waals surface area contributed by atoms with Gasteiger partial charge in [-0.05, 0) is 84.9 Å². The van der Waals surface area contributed by atoms with E-state index in [1.54, 1.807) is 27.1 Å². The summed E-state index contributed by atoms with van der Waals surface area (Å²) in [4.78, 5) is 2.69. The molecule has 5 saturated carbocycles. The molecule has 1 aromatic rings. The number of hydrogen-bond acceptors (Lipinski definition) is 3. The molecule has 0 saturated heterocycles. The first-order valence-corrected chi connectivity index (χ1v) is 9.64. The summed E-state index contributed by atoms with van der Waals surface area (Å²) in [5, 5.41) is 0. The summed E-state index contributed by atoms with van der Waals surface area (Å²) in [5.41, 5.74) is 1.34. The van der Waals surface area contributed by atoms with E-state index in [4.69, 9.17) is 9.47 Å². The van der Waals surface area contributed by atoms with E-state index in [-0.39, 0.29) is 12.4 Å². The molecule has 0 heterocycles. The van der Waals surface area contributed by atoms with Crippen LogP contribution in [-0.4, -0.2) is 32.2 Å². The first-order valence-electron chi connectivity index (χ1n) is 9.64.